The molecule has 3 N–H and O–H groups in total. The van der Waals surface area contributed by atoms with E-state index < -0.39 is 0 Å². The summed E-state index contributed by atoms with van der Waals surface area (Å²) < 4.78 is 0. The maximum absolute atomic E-state index is 11.5. The summed E-state index contributed by atoms with van der Waals surface area (Å²) in [5.41, 5.74) is 10.2. The van der Waals surface area contributed by atoms with Gasteiger partial charge in [0.25, 0.3) is 0 Å². The second kappa shape index (κ2) is 5.35. The van der Waals surface area contributed by atoms with Crippen molar-refractivity contribution in [1.29, 1.82) is 0 Å². The van der Waals surface area contributed by atoms with Crippen molar-refractivity contribution in [3.63, 3.8) is 0 Å². The Balaban J connectivity index is 1.87. The molecule has 1 fully saturated rings. The van der Waals surface area contributed by atoms with E-state index in [1.807, 2.05) is 6.07 Å². The lowest BCUT2D eigenvalue weighted by atomic mass is 9.85. The van der Waals surface area contributed by atoms with Gasteiger partial charge >= 0.3 is 0 Å². The van der Waals surface area contributed by atoms with Gasteiger partial charge in [-0.05, 0) is 49.8 Å². The van der Waals surface area contributed by atoms with Crippen molar-refractivity contribution in [2.24, 2.45) is 5.92 Å². The molecule has 0 radical (unpaired) electrons. The number of amides is 1. The van der Waals surface area contributed by atoms with Gasteiger partial charge < -0.3 is 16.0 Å². The molecule has 0 atom stereocenters. The van der Waals surface area contributed by atoms with Gasteiger partial charge in [-0.15, -0.1) is 0 Å². The van der Waals surface area contributed by atoms with Crippen molar-refractivity contribution in [2.45, 2.75) is 39.0 Å². The predicted octanol–water partition coefficient (Wildman–Crippen LogP) is 2.78. The fourth-order valence-corrected chi connectivity index (χ4v) is 3.09. The topological polar surface area (TPSA) is 58.4 Å². The van der Waals surface area contributed by atoms with Gasteiger partial charge in [0, 0.05) is 25.2 Å². The zero-order valence-electron chi connectivity index (χ0n) is 12.1. The molecule has 0 saturated heterocycles. The van der Waals surface area contributed by atoms with Crippen molar-refractivity contribution in [3.05, 3.63) is 17.7 Å². The van der Waals surface area contributed by atoms with Gasteiger partial charge in [-0.2, -0.15) is 0 Å². The summed E-state index contributed by atoms with van der Waals surface area (Å²) in [5, 5.41) is 2.97. The van der Waals surface area contributed by atoms with Crippen molar-refractivity contribution in [2.75, 3.05) is 29.0 Å². The maximum Gasteiger partial charge on any atom is 0.224 e. The SMILES string of the molecule is CCN(CC1CCC1)c1cc2c(cc1N)CCC(=O)N2. The highest BCUT2D eigenvalue weighted by atomic mass is 16.1. The van der Waals surface area contributed by atoms with Crippen LogP contribution in [0, 0.1) is 5.92 Å². The average molecular weight is 273 g/mol. The molecule has 1 aliphatic heterocycles. The molecule has 0 unspecified atom stereocenters. The van der Waals surface area contributed by atoms with Crippen LogP contribution in [0.15, 0.2) is 12.1 Å². The summed E-state index contributed by atoms with van der Waals surface area (Å²) in [6.45, 7) is 4.19. The number of nitrogen functional groups attached to an aromatic ring is 1. The highest BCUT2D eigenvalue weighted by Gasteiger charge is 2.23. The van der Waals surface area contributed by atoms with E-state index in [1.165, 1.54) is 19.3 Å². The first-order valence-electron chi connectivity index (χ1n) is 7.64. The van der Waals surface area contributed by atoms with Crippen LogP contribution in [0.5, 0.6) is 0 Å². The van der Waals surface area contributed by atoms with E-state index in [4.69, 9.17) is 5.73 Å². The number of carbonyl (C=O) groups excluding carboxylic acids is 1. The average Bonchev–Trinajstić information content (AvgIpc) is 2.38. The third kappa shape index (κ3) is 2.47. The number of rotatable bonds is 4. The summed E-state index contributed by atoms with van der Waals surface area (Å²) in [4.78, 5) is 13.9. The Morgan fingerprint density at radius 1 is 1.35 bits per heavy atom. The lowest BCUT2D eigenvalue weighted by Crippen LogP contribution is -2.33. The Bertz CT molecular complexity index is 523. The summed E-state index contributed by atoms with van der Waals surface area (Å²) >= 11 is 0. The van der Waals surface area contributed by atoms with Gasteiger partial charge in [-0.1, -0.05) is 6.42 Å². The number of benzene rings is 1. The number of hydrogen-bond acceptors (Lipinski definition) is 3. The molecule has 20 heavy (non-hydrogen) atoms. The lowest BCUT2D eigenvalue weighted by molar-refractivity contribution is -0.116. The van der Waals surface area contributed by atoms with Gasteiger partial charge in [-0.3, -0.25) is 4.79 Å². The molecule has 3 rings (SSSR count). The molecule has 0 bridgehead atoms. The smallest absolute Gasteiger partial charge is 0.224 e. The summed E-state index contributed by atoms with van der Waals surface area (Å²) in [6.07, 6.45) is 5.37. The summed E-state index contributed by atoms with van der Waals surface area (Å²) in [5.74, 6) is 0.912. The molecule has 1 amide bonds. The van der Waals surface area contributed by atoms with Crippen LogP contribution in [0.3, 0.4) is 0 Å². The van der Waals surface area contributed by atoms with Crippen LogP contribution in [-0.4, -0.2) is 19.0 Å². The van der Waals surface area contributed by atoms with E-state index in [2.05, 4.69) is 23.2 Å². The number of nitrogens with one attached hydrogen (secondary N) is 1. The summed E-state index contributed by atoms with van der Waals surface area (Å²) in [7, 11) is 0. The van der Waals surface area contributed by atoms with Gasteiger partial charge in [0.05, 0.1) is 11.4 Å². The minimum absolute atomic E-state index is 0.107. The molecular formula is C16H23N3O. The number of nitrogens with two attached hydrogens (primary N) is 1. The Morgan fingerprint density at radius 2 is 2.15 bits per heavy atom. The highest BCUT2D eigenvalue weighted by Crippen LogP contribution is 2.35. The van der Waals surface area contributed by atoms with Crippen LogP contribution in [0.1, 0.15) is 38.2 Å². The number of anilines is 3. The molecule has 4 nitrogen and oxygen atoms in total. The van der Waals surface area contributed by atoms with Crippen molar-refractivity contribution in [3.8, 4) is 0 Å². The van der Waals surface area contributed by atoms with E-state index in [0.29, 0.717) is 6.42 Å². The second-order valence-electron chi connectivity index (χ2n) is 5.95. The van der Waals surface area contributed by atoms with Crippen LogP contribution in [0.2, 0.25) is 0 Å². The van der Waals surface area contributed by atoms with Gasteiger partial charge in [0.2, 0.25) is 5.91 Å². The number of carbonyl (C=O) groups is 1. The largest absolute Gasteiger partial charge is 0.397 e. The standard InChI is InChI=1S/C16H23N3O/c1-2-19(10-11-4-3-5-11)15-9-14-12(8-13(15)17)6-7-16(20)18-14/h8-9,11H,2-7,10,17H2,1H3,(H,18,20). The normalized spacial score (nSPS) is 18.1. The van der Waals surface area contributed by atoms with Crippen molar-refractivity contribution >= 4 is 23.0 Å². The third-order valence-corrected chi connectivity index (χ3v) is 4.57. The highest BCUT2D eigenvalue weighted by molar-refractivity contribution is 5.95. The Kier molecular flexibility index (Phi) is 3.55. The van der Waals surface area contributed by atoms with Crippen molar-refractivity contribution in [1.82, 2.24) is 0 Å². The number of hydrogen-bond donors (Lipinski definition) is 2. The third-order valence-electron chi connectivity index (χ3n) is 4.57. The molecule has 1 aliphatic carbocycles. The predicted molar refractivity (Wildman–Crippen MR) is 83.0 cm³/mol. The zero-order chi connectivity index (χ0) is 14.1. The lowest BCUT2D eigenvalue weighted by Gasteiger charge is -2.34. The van der Waals surface area contributed by atoms with E-state index in [1.54, 1.807) is 0 Å². The minimum atomic E-state index is 0.107. The van der Waals surface area contributed by atoms with E-state index in [-0.39, 0.29) is 5.91 Å². The second-order valence-corrected chi connectivity index (χ2v) is 5.95. The Hall–Kier alpha value is -1.71. The maximum atomic E-state index is 11.5. The zero-order valence-corrected chi connectivity index (χ0v) is 12.1. The fraction of sp³-hybridized carbons (Fsp3) is 0.562. The van der Waals surface area contributed by atoms with Crippen LogP contribution >= 0.6 is 0 Å². The molecule has 1 aromatic rings. The first-order chi connectivity index (χ1) is 9.67. The monoisotopic (exact) mass is 273 g/mol. The van der Waals surface area contributed by atoms with E-state index >= 15 is 0 Å². The molecule has 1 heterocycles. The Morgan fingerprint density at radius 3 is 2.80 bits per heavy atom. The quantitative estimate of drug-likeness (QED) is 0.829. The first kappa shape index (κ1) is 13.3. The van der Waals surface area contributed by atoms with Crippen LogP contribution in [-0.2, 0) is 11.2 Å². The van der Waals surface area contributed by atoms with Gasteiger partial charge in [0.1, 0.15) is 0 Å². The van der Waals surface area contributed by atoms with Gasteiger partial charge in [-0.25, -0.2) is 0 Å². The van der Waals surface area contributed by atoms with Crippen LogP contribution < -0.4 is 16.0 Å². The molecular weight excluding hydrogens is 250 g/mol. The van der Waals surface area contributed by atoms with E-state index in [9.17, 15) is 4.79 Å². The number of aryl methyl sites for hydroxylation is 1. The number of nitrogens with zero attached hydrogens (tertiary/aromatic N) is 1. The molecule has 108 valence electrons. The van der Waals surface area contributed by atoms with E-state index in [0.717, 1.165) is 48.1 Å². The molecule has 2 aliphatic rings. The molecule has 1 aromatic carbocycles. The number of fused-ring (bicyclic) bond motifs is 1. The fourth-order valence-electron chi connectivity index (χ4n) is 3.09. The van der Waals surface area contributed by atoms with Crippen LogP contribution in [0.25, 0.3) is 0 Å². The first-order valence-corrected chi connectivity index (χ1v) is 7.64. The van der Waals surface area contributed by atoms with Crippen LogP contribution in [0.4, 0.5) is 17.1 Å². The minimum Gasteiger partial charge on any atom is -0.397 e. The van der Waals surface area contributed by atoms with Gasteiger partial charge in [0.15, 0.2) is 0 Å². The summed E-state index contributed by atoms with van der Waals surface area (Å²) in [6, 6.07) is 4.09. The molecule has 0 aromatic heterocycles. The van der Waals surface area contributed by atoms with Crippen molar-refractivity contribution < 1.29 is 4.79 Å². The molecule has 0 spiro atoms. The Labute approximate surface area is 120 Å². The molecule has 4 heteroatoms. The molecule has 1 saturated carbocycles.